The number of rotatable bonds is 6. The molecule has 0 bridgehead atoms. The average Bonchev–Trinajstić information content (AvgIpc) is 3.66. The maximum atomic E-state index is 7.07. The summed E-state index contributed by atoms with van der Waals surface area (Å²) in [7, 11) is 0. The summed E-state index contributed by atoms with van der Waals surface area (Å²) in [6.07, 6.45) is 5.80. The first-order chi connectivity index (χ1) is 31.0. The Hall–Kier alpha value is -6.52. The molecule has 1 aromatic heterocycles. The Morgan fingerprint density at radius 3 is 2.05 bits per heavy atom. The maximum absolute atomic E-state index is 7.07. The van der Waals surface area contributed by atoms with Crippen LogP contribution in [0.25, 0.3) is 55.0 Å². The van der Waals surface area contributed by atoms with Gasteiger partial charge in [0.25, 0.3) is 0 Å². The highest BCUT2D eigenvalue weighted by Crippen LogP contribution is 2.52. The van der Waals surface area contributed by atoms with E-state index in [1.807, 2.05) is 0 Å². The van der Waals surface area contributed by atoms with Crippen LogP contribution >= 0.6 is 0 Å². The first kappa shape index (κ1) is 39.1. The van der Waals surface area contributed by atoms with Crippen LogP contribution in [0.3, 0.4) is 0 Å². The van der Waals surface area contributed by atoms with Crippen LogP contribution in [0.4, 0.5) is 28.4 Å². The minimum absolute atomic E-state index is 0.0821. The Labute approximate surface area is 378 Å². The second-order valence-corrected chi connectivity index (χ2v) is 20.3. The van der Waals surface area contributed by atoms with Crippen LogP contribution in [0.1, 0.15) is 88.1 Å². The summed E-state index contributed by atoms with van der Waals surface area (Å²) >= 11 is 0. The summed E-state index contributed by atoms with van der Waals surface area (Å²) < 4.78 is 7.07. The Balaban J connectivity index is 1.18. The molecule has 64 heavy (non-hydrogen) atoms. The molecule has 0 saturated carbocycles. The molecule has 0 atom stereocenters. The molecule has 314 valence electrons. The Kier molecular flexibility index (Phi) is 8.70. The van der Waals surface area contributed by atoms with E-state index in [1.54, 1.807) is 0 Å². The van der Waals surface area contributed by atoms with E-state index in [0.717, 1.165) is 17.6 Å². The number of unbranched alkanes of at least 4 members (excludes halogenated alkanes) is 1. The van der Waals surface area contributed by atoms with E-state index in [0.29, 0.717) is 0 Å². The van der Waals surface area contributed by atoms with Crippen molar-refractivity contribution >= 4 is 78.9 Å². The van der Waals surface area contributed by atoms with Crippen LogP contribution in [-0.2, 0) is 17.3 Å². The smallest absolute Gasteiger partial charge is 0.333 e. The summed E-state index contributed by atoms with van der Waals surface area (Å²) in [5.74, 6) is 0. The average molecular weight is 831 g/mol. The lowest BCUT2D eigenvalue weighted by Gasteiger charge is -2.46. The molecule has 0 N–H and O–H groups in total. The van der Waals surface area contributed by atoms with Gasteiger partial charge in [0.15, 0.2) is 0 Å². The van der Waals surface area contributed by atoms with Crippen molar-refractivity contribution in [1.29, 1.82) is 0 Å². The zero-order valence-electron chi connectivity index (χ0n) is 38.3. The molecule has 4 heteroatoms. The molecule has 8 aromatic carbocycles. The van der Waals surface area contributed by atoms with Gasteiger partial charge in [0, 0.05) is 50.8 Å². The van der Waals surface area contributed by atoms with Gasteiger partial charge in [-0.2, -0.15) is 0 Å². The van der Waals surface area contributed by atoms with Crippen LogP contribution in [0.2, 0.25) is 0 Å². The quantitative estimate of drug-likeness (QED) is 0.156. The van der Waals surface area contributed by atoms with Crippen LogP contribution in [0.15, 0.2) is 150 Å². The highest BCUT2D eigenvalue weighted by Gasteiger charge is 2.46. The standard InChI is InChI=1S/C60H55BN2O/c1-8-9-15-39-20-26-51(38(3)32-39)62-53-36-56-46(45-33-48-49(35-55(45)64-56)60(6,7)29-28-59(48,4)5)34-50(53)61-58-47(30-37(2)31-54(58)62)57-44-19-14-13-18-42(44)23-27-52(57)63(61)43-24-21-41(22-25-43)40-16-11-10-12-17-40/h10-14,16-27,30-36H,8-9,15,28-29H2,1-7H3. The van der Waals surface area contributed by atoms with E-state index in [2.05, 4.69) is 204 Å². The van der Waals surface area contributed by atoms with Crippen molar-refractivity contribution in [2.75, 3.05) is 9.71 Å². The minimum Gasteiger partial charge on any atom is -0.456 e. The van der Waals surface area contributed by atoms with Gasteiger partial charge < -0.3 is 14.1 Å². The number of anilines is 5. The molecule has 0 fully saturated rings. The summed E-state index contributed by atoms with van der Waals surface area (Å²) in [6, 6.07) is 55.5. The predicted octanol–water partition coefficient (Wildman–Crippen LogP) is 15.4. The van der Waals surface area contributed by atoms with Gasteiger partial charge in [0.2, 0.25) is 0 Å². The van der Waals surface area contributed by atoms with E-state index in [4.69, 9.17) is 4.42 Å². The number of hydrogen-bond acceptors (Lipinski definition) is 3. The van der Waals surface area contributed by atoms with Gasteiger partial charge in [-0.1, -0.05) is 138 Å². The normalized spacial score (nSPS) is 15.6. The fourth-order valence-electron chi connectivity index (χ4n) is 11.7. The van der Waals surface area contributed by atoms with Crippen molar-refractivity contribution in [3.05, 3.63) is 173 Å². The van der Waals surface area contributed by atoms with E-state index < -0.39 is 0 Å². The van der Waals surface area contributed by atoms with Crippen LogP contribution in [0.5, 0.6) is 0 Å². The summed E-state index contributed by atoms with van der Waals surface area (Å²) in [5.41, 5.74) is 22.6. The van der Waals surface area contributed by atoms with E-state index in [-0.39, 0.29) is 17.7 Å². The molecule has 0 spiro atoms. The third-order valence-corrected chi connectivity index (χ3v) is 15.2. The van der Waals surface area contributed by atoms with Gasteiger partial charge in [0.1, 0.15) is 11.2 Å². The van der Waals surface area contributed by atoms with E-state index in [9.17, 15) is 0 Å². The Bertz CT molecular complexity index is 3360. The molecule has 2 aliphatic heterocycles. The summed E-state index contributed by atoms with van der Waals surface area (Å²) in [6.45, 7) is 16.4. The van der Waals surface area contributed by atoms with Crippen LogP contribution in [0, 0.1) is 13.8 Å². The van der Waals surface area contributed by atoms with E-state index >= 15 is 0 Å². The third kappa shape index (κ3) is 5.87. The lowest BCUT2D eigenvalue weighted by Crippen LogP contribution is -2.61. The summed E-state index contributed by atoms with van der Waals surface area (Å²) in [4.78, 5) is 5.23. The second kappa shape index (κ2) is 14.2. The molecule has 3 heterocycles. The minimum atomic E-state index is -0.112. The molecule has 0 radical (unpaired) electrons. The molecule has 3 aliphatic rings. The van der Waals surface area contributed by atoms with Gasteiger partial charge in [0.05, 0.1) is 0 Å². The predicted molar refractivity (Wildman–Crippen MR) is 274 cm³/mol. The molecular formula is C60H55BN2O. The first-order valence-electron chi connectivity index (χ1n) is 23.6. The fraction of sp³-hybridized carbons (Fsp3) is 0.233. The molecule has 9 aromatic rings. The molecule has 3 nitrogen and oxygen atoms in total. The van der Waals surface area contributed by atoms with Crippen LogP contribution in [-0.4, -0.2) is 6.85 Å². The molecule has 0 amide bonds. The summed E-state index contributed by atoms with van der Waals surface area (Å²) in [5, 5.41) is 4.92. The fourth-order valence-corrected chi connectivity index (χ4v) is 11.7. The van der Waals surface area contributed by atoms with Crippen molar-refractivity contribution in [2.45, 2.75) is 91.4 Å². The number of fused-ring (bicyclic) bond motifs is 10. The Morgan fingerprint density at radius 1 is 0.594 bits per heavy atom. The number of nitrogens with zero attached hydrogens (tertiary/aromatic N) is 2. The van der Waals surface area contributed by atoms with Crippen LogP contribution < -0.4 is 20.6 Å². The van der Waals surface area contributed by atoms with E-state index in [1.165, 1.54) is 137 Å². The van der Waals surface area contributed by atoms with Gasteiger partial charge in [-0.3, -0.25) is 0 Å². The number of furan rings is 1. The first-order valence-corrected chi connectivity index (χ1v) is 23.6. The lowest BCUT2D eigenvalue weighted by atomic mass is 9.43. The highest BCUT2D eigenvalue weighted by molar-refractivity contribution is 6.94. The third-order valence-electron chi connectivity index (χ3n) is 15.2. The number of aryl methyl sites for hydroxylation is 3. The van der Waals surface area contributed by atoms with Crippen molar-refractivity contribution in [3.63, 3.8) is 0 Å². The van der Waals surface area contributed by atoms with Crippen molar-refractivity contribution in [2.24, 2.45) is 0 Å². The molecule has 0 unspecified atom stereocenters. The Morgan fingerprint density at radius 2 is 1.28 bits per heavy atom. The largest absolute Gasteiger partial charge is 0.456 e. The number of benzene rings is 8. The lowest BCUT2D eigenvalue weighted by molar-refractivity contribution is 0.332. The highest BCUT2D eigenvalue weighted by atomic mass is 16.3. The molecule has 1 aliphatic carbocycles. The second-order valence-electron chi connectivity index (χ2n) is 20.3. The zero-order chi connectivity index (χ0) is 43.6. The molecular weight excluding hydrogens is 775 g/mol. The molecule has 0 saturated heterocycles. The molecule has 12 rings (SSSR count). The van der Waals surface area contributed by atoms with Gasteiger partial charge >= 0.3 is 6.85 Å². The topological polar surface area (TPSA) is 19.6 Å². The van der Waals surface area contributed by atoms with Crippen molar-refractivity contribution in [1.82, 2.24) is 0 Å². The van der Waals surface area contributed by atoms with Crippen molar-refractivity contribution in [3.8, 4) is 22.3 Å². The van der Waals surface area contributed by atoms with Gasteiger partial charge in [-0.05, 0) is 159 Å². The van der Waals surface area contributed by atoms with Gasteiger partial charge in [-0.25, -0.2) is 0 Å². The number of hydrogen-bond donors (Lipinski definition) is 0. The SMILES string of the molecule is CCCCc1ccc(N2c3cc4oc5cc6c(cc5c4cc3B3c4c(cc(C)cc42)-c2c(ccc4ccccc24)N3c2ccc(-c3ccccc3)cc2)C(C)(C)CCC6(C)C)c(C)c1. The van der Waals surface area contributed by atoms with Gasteiger partial charge in [-0.15, -0.1) is 0 Å². The maximum Gasteiger partial charge on any atom is 0.333 e. The van der Waals surface area contributed by atoms with Crippen molar-refractivity contribution < 1.29 is 4.42 Å². The zero-order valence-corrected chi connectivity index (χ0v) is 38.3. The monoisotopic (exact) mass is 830 g/mol.